The summed E-state index contributed by atoms with van der Waals surface area (Å²) in [4.78, 5) is 22.2. The molecule has 116 valence electrons. The van der Waals surface area contributed by atoms with Crippen LogP contribution in [0.2, 0.25) is 0 Å². The van der Waals surface area contributed by atoms with E-state index in [1.165, 1.54) is 6.07 Å². The molecule has 21 heavy (non-hydrogen) atoms. The summed E-state index contributed by atoms with van der Waals surface area (Å²) >= 11 is 0. The summed E-state index contributed by atoms with van der Waals surface area (Å²) in [6, 6.07) is 2.51. The van der Waals surface area contributed by atoms with E-state index < -0.39 is 33.2 Å². The maximum atomic E-state index is 13.2. The average molecular weight is 318 g/mol. The van der Waals surface area contributed by atoms with Gasteiger partial charge in [0.15, 0.2) is 0 Å². The van der Waals surface area contributed by atoms with Crippen molar-refractivity contribution in [2.24, 2.45) is 0 Å². The Hall–Kier alpha value is -2.16. The lowest BCUT2D eigenvalue weighted by Gasteiger charge is -2.08. The van der Waals surface area contributed by atoms with Crippen LogP contribution >= 0.6 is 0 Å². The van der Waals surface area contributed by atoms with Crippen molar-refractivity contribution < 1.29 is 27.5 Å². The Kier molecular flexibility index (Phi) is 5.65. The number of urea groups is 1. The maximum absolute atomic E-state index is 13.2. The molecule has 1 aromatic carbocycles. The van der Waals surface area contributed by atoms with E-state index >= 15 is 0 Å². The fourth-order valence-corrected chi connectivity index (χ4v) is 2.15. The van der Waals surface area contributed by atoms with Gasteiger partial charge in [-0.2, -0.15) is 0 Å². The van der Waals surface area contributed by atoms with Crippen LogP contribution in [0.5, 0.6) is 0 Å². The van der Waals surface area contributed by atoms with Crippen molar-refractivity contribution in [3.8, 4) is 0 Å². The summed E-state index contributed by atoms with van der Waals surface area (Å²) in [5.74, 6) is -2.39. The Morgan fingerprint density at radius 3 is 2.57 bits per heavy atom. The van der Waals surface area contributed by atoms with Crippen LogP contribution in [0, 0.1) is 5.82 Å². The molecule has 1 aromatic rings. The zero-order valence-corrected chi connectivity index (χ0v) is 12.0. The lowest BCUT2D eigenvalue weighted by atomic mass is 10.2. The van der Waals surface area contributed by atoms with Gasteiger partial charge in [-0.1, -0.05) is 0 Å². The van der Waals surface area contributed by atoms with Gasteiger partial charge in [-0.15, -0.1) is 0 Å². The van der Waals surface area contributed by atoms with Crippen LogP contribution in [-0.4, -0.2) is 44.1 Å². The van der Waals surface area contributed by atoms with Gasteiger partial charge in [0.05, 0.1) is 11.3 Å². The molecule has 0 aliphatic rings. The largest absolute Gasteiger partial charge is 0.478 e. The predicted octanol–water partition coefficient (Wildman–Crippen LogP) is 1.08. The average Bonchev–Trinajstić information content (AvgIpc) is 2.35. The molecule has 3 N–H and O–H groups in total. The van der Waals surface area contributed by atoms with E-state index in [9.17, 15) is 22.4 Å². The van der Waals surface area contributed by atoms with E-state index in [-0.39, 0.29) is 24.4 Å². The zero-order chi connectivity index (χ0) is 16.0. The monoisotopic (exact) mass is 318 g/mol. The molecule has 0 spiro atoms. The SMILES string of the molecule is CS(=O)(=O)CCCNC(=O)Nc1ccc(F)c(C(=O)O)c1. The highest BCUT2D eigenvalue weighted by Crippen LogP contribution is 2.14. The summed E-state index contributed by atoms with van der Waals surface area (Å²) in [7, 11) is -3.08. The molecule has 9 heteroatoms. The number of carboxylic acid groups (broad SMARTS) is 1. The third-order valence-electron chi connectivity index (χ3n) is 2.43. The predicted molar refractivity (Wildman–Crippen MR) is 74.7 cm³/mol. The third kappa shape index (κ3) is 6.21. The third-order valence-corrected chi connectivity index (χ3v) is 3.46. The van der Waals surface area contributed by atoms with Crippen LogP contribution in [0.4, 0.5) is 14.9 Å². The smallest absolute Gasteiger partial charge is 0.338 e. The van der Waals surface area contributed by atoms with Crippen LogP contribution < -0.4 is 10.6 Å². The Morgan fingerprint density at radius 1 is 1.33 bits per heavy atom. The first kappa shape index (κ1) is 16.9. The molecule has 0 heterocycles. The molecular weight excluding hydrogens is 303 g/mol. The Balaban J connectivity index is 2.52. The second-order valence-corrected chi connectivity index (χ2v) is 6.62. The first-order chi connectivity index (χ1) is 9.69. The molecule has 7 nitrogen and oxygen atoms in total. The summed E-state index contributed by atoms with van der Waals surface area (Å²) in [5, 5.41) is 13.5. The van der Waals surface area contributed by atoms with E-state index in [1.54, 1.807) is 0 Å². The summed E-state index contributed by atoms with van der Waals surface area (Å²) in [6.07, 6.45) is 1.36. The number of hydrogen-bond donors (Lipinski definition) is 3. The van der Waals surface area contributed by atoms with Gasteiger partial charge in [0.1, 0.15) is 15.7 Å². The van der Waals surface area contributed by atoms with Crippen molar-refractivity contribution in [2.45, 2.75) is 6.42 Å². The second kappa shape index (κ2) is 7.02. The lowest BCUT2D eigenvalue weighted by Crippen LogP contribution is -2.30. The normalized spacial score (nSPS) is 11.0. The number of sulfone groups is 1. The van der Waals surface area contributed by atoms with Crippen LogP contribution in [0.3, 0.4) is 0 Å². The van der Waals surface area contributed by atoms with Gasteiger partial charge in [0, 0.05) is 18.5 Å². The van der Waals surface area contributed by atoms with Gasteiger partial charge in [-0.3, -0.25) is 0 Å². The first-order valence-corrected chi connectivity index (χ1v) is 8.00. The molecule has 0 aliphatic carbocycles. The van der Waals surface area contributed by atoms with E-state index in [1.807, 2.05) is 0 Å². The lowest BCUT2D eigenvalue weighted by molar-refractivity contribution is 0.0692. The van der Waals surface area contributed by atoms with Crippen LogP contribution in [0.1, 0.15) is 16.8 Å². The number of carboxylic acids is 1. The van der Waals surface area contributed by atoms with Crippen LogP contribution in [0.15, 0.2) is 18.2 Å². The number of nitrogens with one attached hydrogen (secondary N) is 2. The number of benzene rings is 1. The Labute approximate surface area is 121 Å². The summed E-state index contributed by atoms with van der Waals surface area (Å²) in [5.41, 5.74) is -0.431. The molecule has 0 fully saturated rings. The molecule has 0 unspecified atom stereocenters. The van der Waals surface area contributed by atoms with Crippen LogP contribution in [0.25, 0.3) is 0 Å². The molecule has 0 atom stereocenters. The Morgan fingerprint density at radius 2 is 2.00 bits per heavy atom. The highest BCUT2D eigenvalue weighted by atomic mass is 32.2. The number of rotatable bonds is 6. The fourth-order valence-electron chi connectivity index (χ4n) is 1.48. The Bertz CT molecular complexity index is 645. The van der Waals surface area contributed by atoms with E-state index in [4.69, 9.17) is 5.11 Å². The standard InChI is InChI=1S/C12H15FN2O5S/c1-21(19,20)6-2-5-14-12(18)15-8-3-4-10(13)9(7-8)11(16)17/h3-4,7H,2,5-6H2,1H3,(H,16,17)(H2,14,15,18). The molecule has 0 saturated heterocycles. The van der Waals surface area contributed by atoms with Crippen molar-refractivity contribution in [3.63, 3.8) is 0 Å². The van der Waals surface area contributed by atoms with E-state index in [0.29, 0.717) is 0 Å². The minimum absolute atomic E-state index is 0.0486. The quantitative estimate of drug-likeness (QED) is 0.679. The van der Waals surface area contributed by atoms with Gasteiger partial charge in [0.2, 0.25) is 0 Å². The molecule has 0 aliphatic heterocycles. The molecule has 1 rings (SSSR count). The number of halogens is 1. The van der Waals surface area contributed by atoms with Crippen molar-refractivity contribution in [1.29, 1.82) is 0 Å². The second-order valence-electron chi connectivity index (χ2n) is 4.36. The van der Waals surface area contributed by atoms with Gasteiger partial charge < -0.3 is 15.7 Å². The molecular formula is C12H15FN2O5S. The maximum Gasteiger partial charge on any atom is 0.338 e. The van der Waals surface area contributed by atoms with Crippen molar-refractivity contribution in [2.75, 3.05) is 23.9 Å². The van der Waals surface area contributed by atoms with Crippen LogP contribution in [-0.2, 0) is 9.84 Å². The molecule has 0 radical (unpaired) electrons. The number of carbonyl (C=O) groups excluding carboxylic acids is 1. The molecule has 0 aromatic heterocycles. The van der Waals surface area contributed by atoms with E-state index in [0.717, 1.165) is 18.4 Å². The number of aromatic carboxylic acids is 1. The minimum Gasteiger partial charge on any atom is -0.478 e. The zero-order valence-electron chi connectivity index (χ0n) is 11.2. The molecule has 2 amide bonds. The topological polar surface area (TPSA) is 113 Å². The highest BCUT2D eigenvalue weighted by molar-refractivity contribution is 7.90. The number of carbonyl (C=O) groups is 2. The highest BCUT2D eigenvalue weighted by Gasteiger charge is 2.12. The van der Waals surface area contributed by atoms with Crippen molar-refractivity contribution in [1.82, 2.24) is 5.32 Å². The number of hydrogen-bond acceptors (Lipinski definition) is 4. The fraction of sp³-hybridized carbons (Fsp3) is 0.333. The number of anilines is 1. The summed E-state index contributed by atoms with van der Waals surface area (Å²) in [6.45, 7) is 0.145. The summed E-state index contributed by atoms with van der Waals surface area (Å²) < 4.78 is 34.9. The van der Waals surface area contributed by atoms with Gasteiger partial charge in [0.25, 0.3) is 0 Å². The van der Waals surface area contributed by atoms with Crippen molar-refractivity contribution >= 4 is 27.5 Å². The van der Waals surface area contributed by atoms with Gasteiger partial charge >= 0.3 is 12.0 Å². The molecule has 0 bridgehead atoms. The van der Waals surface area contributed by atoms with Gasteiger partial charge in [-0.25, -0.2) is 22.4 Å². The minimum atomic E-state index is -3.08. The number of amides is 2. The van der Waals surface area contributed by atoms with Crippen molar-refractivity contribution in [3.05, 3.63) is 29.6 Å². The van der Waals surface area contributed by atoms with E-state index in [2.05, 4.69) is 10.6 Å². The van der Waals surface area contributed by atoms with Gasteiger partial charge in [-0.05, 0) is 24.6 Å². The molecule has 0 saturated carbocycles. The first-order valence-electron chi connectivity index (χ1n) is 5.94.